The number of nitro benzene ring substituents is 1. The highest BCUT2D eigenvalue weighted by atomic mass is 35.5. The molecule has 2 rings (SSSR count). The van der Waals surface area contributed by atoms with Gasteiger partial charge in [-0.1, -0.05) is 35.3 Å². The van der Waals surface area contributed by atoms with Crippen LogP contribution in [-0.2, 0) is 0 Å². The number of nitro groups is 1. The maximum atomic E-state index is 12.2. The highest BCUT2D eigenvalue weighted by Crippen LogP contribution is 2.25. The Morgan fingerprint density at radius 3 is 2.42 bits per heavy atom. The molecule has 0 aromatic heterocycles. The van der Waals surface area contributed by atoms with Gasteiger partial charge in [-0.15, -0.1) is 0 Å². The first-order valence-corrected chi connectivity index (χ1v) is 5.99. The lowest BCUT2D eigenvalue weighted by Gasteiger charge is -2.04. The Bertz CT molecular complexity index is 671. The molecule has 2 aromatic rings. The third-order valence-corrected chi connectivity index (χ3v) is 3.04. The van der Waals surface area contributed by atoms with Crippen LogP contribution in [-0.4, -0.2) is 10.7 Å². The number of hydrogen-bond donors (Lipinski definition) is 0. The molecule has 0 unspecified atom stereocenters. The van der Waals surface area contributed by atoms with Crippen molar-refractivity contribution in [2.45, 2.75) is 0 Å². The zero-order valence-corrected chi connectivity index (χ0v) is 11.0. The van der Waals surface area contributed by atoms with E-state index in [4.69, 9.17) is 23.2 Å². The summed E-state index contributed by atoms with van der Waals surface area (Å²) in [5.74, 6) is -0.331. The largest absolute Gasteiger partial charge is 0.289 e. The smallest absolute Gasteiger partial charge is 0.270 e. The van der Waals surface area contributed by atoms with Crippen molar-refractivity contribution in [1.29, 1.82) is 0 Å². The molecule has 0 saturated heterocycles. The van der Waals surface area contributed by atoms with E-state index < -0.39 is 4.92 Å². The fraction of sp³-hybridized carbons (Fsp3) is 0. The molecule has 4 nitrogen and oxygen atoms in total. The van der Waals surface area contributed by atoms with Crippen molar-refractivity contribution in [2.75, 3.05) is 0 Å². The average molecular weight is 296 g/mol. The minimum Gasteiger partial charge on any atom is -0.289 e. The van der Waals surface area contributed by atoms with Crippen LogP contribution < -0.4 is 0 Å². The van der Waals surface area contributed by atoms with E-state index in [1.807, 2.05) is 0 Å². The highest BCUT2D eigenvalue weighted by Gasteiger charge is 2.16. The van der Waals surface area contributed by atoms with Crippen molar-refractivity contribution in [3.05, 3.63) is 73.8 Å². The minimum atomic E-state index is -0.570. The van der Waals surface area contributed by atoms with Crippen LogP contribution in [0.2, 0.25) is 10.0 Å². The van der Waals surface area contributed by atoms with Gasteiger partial charge in [0.2, 0.25) is 0 Å². The van der Waals surface area contributed by atoms with Gasteiger partial charge in [-0.3, -0.25) is 14.9 Å². The van der Waals surface area contributed by atoms with Crippen LogP contribution in [0.4, 0.5) is 5.69 Å². The summed E-state index contributed by atoms with van der Waals surface area (Å²) in [7, 11) is 0. The van der Waals surface area contributed by atoms with Crippen LogP contribution in [0, 0.1) is 10.1 Å². The molecule has 2 aromatic carbocycles. The predicted molar refractivity (Wildman–Crippen MR) is 73.0 cm³/mol. The Balaban J connectivity index is 2.42. The standard InChI is InChI=1S/C13H7Cl2NO3/c14-9-3-1-2-8(6-9)13(17)11-5-4-10(16(18)19)7-12(11)15/h1-7H. The van der Waals surface area contributed by atoms with Gasteiger partial charge in [0.05, 0.1) is 9.95 Å². The lowest BCUT2D eigenvalue weighted by molar-refractivity contribution is -0.384. The van der Waals surface area contributed by atoms with Crippen molar-refractivity contribution < 1.29 is 9.72 Å². The number of hydrogen-bond acceptors (Lipinski definition) is 3. The zero-order valence-electron chi connectivity index (χ0n) is 9.47. The molecular weight excluding hydrogens is 289 g/mol. The Labute approximate surface area is 118 Å². The van der Waals surface area contributed by atoms with Gasteiger partial charge in [0, 0.05) is 28.3 Å². The van der Waals surface area contributed by atoms with Crippen LogP contribution in [0.3, 0.4) is 0 Å². The first kappa shape index (κ1) is 13.5. The number of rotatable bonds is 3. The molecule has 6 heteroatoms. The molecule has 19 heavy (non-hydrogen) atoms. The summed E-state index contributed by atoms with van der Waals surface area (Å²) >= 11 is 11.7. The maximum Gasteiger partial charge on any atom is 0.270 e. The van der Waals surface area contributed by atoms with E-state index >= 15 is 0 Å². The number of carbonyl (C=O) groups excluding carboxylic acids is 1. The van der Waals surface area contributed by atoms with Gasteiger partial charge < -0.3 is 0 Å². The predicted octanol–water partition coefficient (Wildman–Crippen LogP) is 4.13. The second-order valence-electron chi connectivity index (χ2n) is 3.76. The summed E-state index contributed by atoms with van der Waals surface area (Å²) < 4.78 is 0. The fourth-order valence-electron chi connectivity index (χ4n) is 1.59. The van der Waals surface area contributed by atoms with E-state index in [2.05, 4.69) is 0 Å². The fourth-order valence-corrected chi connectivity index (χ4v) is 2.04. The number of ketones is 1. The van der Waals surface area contributed by atoms with Crippen molar-refractivity contribution in [3.8, 4) is 0 Å². The molecule has 0 radical (unpaired) electrons. The van der Waals surface area contributed by atoms with E-state index in [1.165, 1.54) is 18.2 Å². The van der Waals surface area contributed by atoms with E-state index in [9.17, 15) is 14.9 Å². The molecule has 96 valence electrons. The normalized spacial score (nSPS) is 10.2. The van der Waals surface area contributed by atoms with Crippen LogP contribution in [0.1, 0.15) is 15.9 Å². The van der Waals surface area contributed by atoms with Gasteiger partial charge in [0.1, 0.15) is 0 Å². The molecule has 0 heterocycles. The summed E-state index contributed by atoms with van der Waals surface area (Å²) in [4.78, 5) is 22.2. The molecule has 0 amide bonds. The van der Waals surface area contributed by atoms with Gasteiger partial charge in [-0.25, -0.2) is 0 Å². The molecule has 0 bridgehead atoms. The van der Waals surface area contributed by atoms with Gasteiger partial charge in [-0.05, 0) is 18.2 Å². The Hall–Kier alpha value is -1.91. The Morgan fingerprint density at radius 1 is 1.11 bits per heavy atom. The molecular formula is C13H7Cl2NO3. The lowest BCUT2D eigenvalue weighted by atomic mass is 10.0. The Kier molecular flexibility index (Phi) is 3.83. The maximum absolute atomic E-state index is 12.2. The third-order valence-electron chi connectivity index (χ3n) is 2.49. The van der Waals surface area contributed by atoms with Crippen molar-refractivity contribution in [3.63, 3.8) is 0 Å². The first-order chi connectivity index (χ1) is 8.99. The van der Waals surface area contributed by atoms with Gasteiger partial charge in [0.25, 0.3) is 5.69 Å². The summed E-state index contributed by atoms with van der Waals surface area (Å²) in [6.45, 7) is 0. The summed E-state index contributed by atoms with van der Waals surface area (Å²) in [6.07, 6.45) is 0. The van der Waals surface area contributed by atoms with Crippen molar-refractivity contribution in [1.82, 2.24) is 0 Å². The van der Waals surface area contributed by atoms with E-state index in [0.29, 0.717) is 10.6 Å². The van der Waals surface area contributed by atoms with Gasteiger partial charge in [-0.2, -0.15) is 0 Å². The highest BCUT2D eigenvalue weighted by molar-refractivity contribution is 6.35. The number of carbonyl (C=O) groups is 1. The first-order valence-electron chi connectivity index (χ1n) is 5.23. The molecule has 0 spiro atoms. The molecule has 0 aliphatic heterocycles. The van der Waals surface area contributed by atoms with Crippen LogP contribution >= 0.6 is 23.2 Å². The number of non-ortho nitro benzene ring substituents is 1. The van der Waals surface area contributed by atoms with Gasteiger partial charge in [0.15, 0.2) is 5.78 Å². The van der Waals surface area contributed by atoms with Crippen LogP contribution in [0.15, 0.2) is 42.5 Å². The SMILES string of the molecule is O=C(c1cccc(Cl)c1)c1ccc([N+](=O)[O-])cc1Cl. The molecule has 0 aliphatic carbocycles. The number of halogens is 2. The van der Waals surface area contributed by atoms with Crippen LogP contribution in [0.5, 0.6) is 0 Å². The van der Waals surface area contributed by atoms with E-state index in [1.54, 1.807) is 18.2 Å². The van der Waals surface area contributed by atoms with Crippen molar-refractivity contribution >= 4 is 34.7 Å². The van der Waals surface area contributed by atoms with E-state index in [0.717, 1.165) is 6.07 Å². The molecule has 0 fully saturated rings. The van der Waals surface area contributed by atoms with Crippen LogP contribution in [0.25, 0.3) is 0 Å². The monoisotopic (exact) mass is 295 g/mol. The molecule has 0 saturated carbocycles. The minimum absolute atomic E-state index is 0.0409. The zero-order chi connectivity index (χ0) is 14.0. The van der Waals surface area contributed by atoms with E-state index in [-0.39, 0.29) is 22.1 Å². The molecule has 0 aliphatic rings. The second-order valence-corrected chi connectivity index (χ2v) is 4.60. The second kappa shape index (κ2) is 5.38. The van der Waals surface area contributed by atoms with Crippen molar-refractivity contribution in [2.24, 2.45) is 0 Å². The summed E-state index contributed by atoms with van der Waals surface area (Å²) in [5.41, 5.74) is 0.422. The summed E-state index contributed by atoms with van der Waals surface area (Å²) in [6, 6.07) is 10.1. The lowest BCUT2D eigenvalue weighted by Crippen LogP contribution is -2.02. The number of nitrogens with zero attached hydrogens (tertiary/aromatic N) is 1. The molecule has 0 N–H and O–H groups in total. The number of benzene rings is 2. The Morgan fingerprint density at radius 2 is 1.84 bits per heavy atom. The third kappa shape index (κ3) is 2.92. The average Bonchev–Trinajstić information content (AvgIpc) is 2.37. The topological polar surface area (TPSA) is 60.2 Å². The quantitative estimate of drug-likeness (QED) is 0.486. The molecule has 0 atom stereocenters. The summed E-state index contributed by atoms with van der Waals surface area (Å²) in [5, 5.41) is 11.1. The van der Waals surface area contributed by atoms with Gasteiger partial charge >= 0.3 is 0 Å².